The van der Waals surface area contributed by atoms with E-state index in [2.05, 4.69) is 0 Å². The molecule has 0 fully saturated rings. The van der Waals surface area contributed by atoms with Crippen LogP contribution < -0.4 is 10.4 Å². The van der Waals surface area contributed by atoms with E-state index >= 15 is 0 Å². The lowest BCUT2D eigenvalue weighted by Crippen LogP contribution is -2.08. The van der Waals surface area contributed by atoms with E-state index in [-0.39, 0.29) is 18.0 Å². The predicted molar refractivity (Wildman–Crippen MR) is 76.1 cm³/mol. The highest BCUT2D eigenvalue weighted by molar-refractivity contribution is 14.1. The first kappa shape index (κ1) is 13.1. The molecular weight excluding hydrogens is 347 g/mol. The molecule has 0 unspecified atom stereocenters. The maximum atomic E-state index is 11.4. The van der Waals surface area contributed by atoms with Crippen molar-refractivity contribution in [3.8, 4) is 5.75 Å². The number of ketones is 1. The lowest BCUT2D eigenvalue weighted by Gasteiger charge is -2.09. The number of carbonyl (C=O) groups excluding carboxylic acids is 1. The fourth-order valence-electron chi connectivity index (χ4n) is 1.62. The Morgan fingerprint density at radius 1 is 1.44 bits per heavy atom. The molecule has 1 heterocycles. The molecule has 0 amide bonds. The molecule has 0 aliphatic heterocycles. The van der Waals surface area contributed by atoms with E-state index in [0.29, 0.717) is 14.9 Å². The summed E-state index contributed by atoms with van der Waals surface area (Å²) in [6, 6.07) is 5.06. The van der Waals surface area contributed by atoms with E-state index in [1.807, 2.05) is 35.6 Å². The van der Waals surface area contributed by atoms with E-state index in [4.69, 9.17) is 9.15 Å². The fraction of sp³-hybridized carbons (Fsp3) is 0.231. The van der Waals surface area contributed by atoms with Crippen LogP contribution in [0.1, 0.15) is 12.5 Å². The highest BCUT2D eigenvalue weighted by Crippen LogP contribution is 2.30. The summed E-state index contributed by atoms with van der Waals surface area (Å²) in [6.45, 7) is 3.32. The van der Waals surface area contributed by atoms with Gasteiger partial charge in [-0.25, -0.2) is 4.79 Å². The summed E-state index contributed by atoms with van der Waals surface area (Å²) < 4.78 is 11.3. The van der Waals surface area contributed by atoms with Crippen LogP contribution in [0.3, 0.4) is 0 Å². The average molecular weight is 358 g/mol. The molecule has 0 spiro atoms. The standard InChI is InChI=1S/C13H11IO4/c1-7-5-11(16)18-13-9(7)3-4-10(12(13)14)17-6-8(2)15/h3-5H,6H2,1-2H3. The van der Waals surface area contributed by atoms with Gasteiger partial charge in [-0.1, -0.05) is 0 Å². The zero-order valence-corrected chi connectivity index (χ0v) is 12.1. The largest absolute Gasteiger partial charge is 0.485 e. The third-order valence-electron chi connectivity index (χ3n) is 2.45. The van der Waals surface area contributed by atoms with Gasteiger partial charge >= 0.3 is 5.63 Å². The van der Waals surface area contributed by atoms with Crippen molar-refractivity contribution in [3.63, 3.8) is 0 Å². The van der Waals surface area contributed by atoms with Crippen LogP contribution in [0, 0.1) is 10.5 Å². The topological polar surface area (TPSA) is 56.5 Å². The summed E-state index contributed by atoms with van der Waals surface area (Å²) in [7, 11) is 0. The number of carbonyl (C=O) groups is 1. The van der Waals surface area contributed by atoms with Crippen molar-refractivity contribution in [1.29, 1.82) is 0 Å². The SMILES string of the molecule is CC(=O)COc1ccc2c(C)cc(=O)oc2c1I. The van der Waals surface area contributed by atoms with Gasteiger partial charge in [0.2, 0.25) is 0 Å². The molecule has 2 aromatic rings. The number of hydrogen-bond acceptors (Lipinski definition) is 4. The lowest BCUT2D eigenvalue weighted by molar-refractivity contribution is -0.118. The van der Waals surface area contributed by atoms with Crippen LogP contribution in [-0.4, -0.2) is 12.4 Å². The molecule has 2 rings (SSSR count). The normalized spacial score (nSPS) is 10.6. The van der Waals surface area contributed by atoms with Gasteiger partial charge in [0, 0.05) is 11.5 Å². The minimum atomic E-state index is -0.387. The third-order valence-corrected chi connectivity index (χ3v) is 3.48. The number of hydrogen-bond donors (Lipinski definition) is 0. The Morgan fingerprint density at radius 2 is 2.17 bits per heavy atom. The Labute approximate surface area is 117 Å². The molecular formula is C13H11IO4. The predicted octanol–water partition coefficient (Wildman–Crippen LogP) is 2.67. The van der Waals surface area contributed by atoms with E-state index in [1.54, 1.807) is 6.07 Å². The van der Waals surface area contributed by atoms with E-state index in [9.17, 15) is 9.59 Å². The molecule has 0 bridgehead atoms. The fourth-order valence-corrected chi connectivity index (χ4v) is 2.36. The van der Waals surface area contributed by atoms with Gasteiger partial charge in [0.1, 0.15) is 12.4 Å². The van der Waals surface area contributed by atoms with Gasteiger partial charge in [-0.2, -0.15) is 0 Å². The summed E-state index contributed by atoms with van der Waals surface area (Å²) in [5, 5.41) is 0.870. The van der Waals surface area contributed by atoms with Crippen molar-refractivity contribution in [1.82, 2.24) is 0 Å². The Bertz CT molecular complexity index is 672. The van der Waals surface area contributed by atoms with E-state index in [1.165, 1.54) is 13.0 Å². The number of ether oxygens (including phenoxy) is 1. The van der Waals surface area contributed by atoms with Crippen molar-refractivity contribution in [2.24, 2.45) is 0 Å². The maximum absolute atomic E-state index is 11.4. The first-order valence-corrected chi connectivity index (χ1v) is 6.42. The van der Waals surface area contributed by atoms with Gasteiger partial charge < -0.3 is 9.15 Å². The summed E-state index contributed by atoms with van der Waals surface area (Å²) >= 11 is 2.05. The second-order valence-electron chi connectivity index (χ2n) is 3.99. The minimum Gasteiger partial charge on any atom is -0.485 e. The molecule has 4 nitrogen and oxygen atoms in total. The number of aryl methyl sites for hydroxylation is 1. The highest BCUT2D eigenvalue weighted by atomic mass is 127. The Morgan fingerprint density at radius 3 is 2.83 bits per heavy atom. The molecule has 18 heavy (non-hydrogen) atoms. The quantitative estimate of drug-likeness (QED) is 0.625. The summed E-state index contributed by atoms with van der Waals surface area (Å²) in [6.07, 6.45) is 0. The zero-order chi connectivity index (χ0) is 13.3. The van der Waals surface area contributed by atoms with Crippen LogP contribution in [0.5, 0.6) is 5.75 Å². The molecule has 0 atom stereocenters. The monoisotopic (exact) mass is 358 g/mol. The van der Waals surface area contributed by atoms with Gasteiger partial charge in [-0.05, 0) is 54.1 Å². The summed E-state index contributed by atoms with van der Waals surface area (Å²) in [4.78, 5) is 22.3. The Hall–Kier alpha value is -1.37. The molecule has 0 radical (unpaired) electrons. The first-order valence-electron chi connectivity index (χ1n) is 5.34. The lowest BCUT2D eigenvalue weighted by atomic mass is 10.1. The Kier molecular flexibility index (Phi) is 3.70. The van der Waals surface area contributed by atoms with Crippen molar-refractivity contribution >= 4 is 39.3 Å². The number of halogens is 1. The van der Waals surface area contributed by atoms with Gasteiger partial charge in [0.15, 0.2) is 11.4 Å². The van der Waals surface area contributed by atoms with Gasteiger partial charge in [0.05, 0.1) is 3.57 Å². The molecule has 94 valence electrons. The van der Waals surface area contributed by atoms with Gasteiger partial charge in [0.25, 0.3) is 0 Å². The smallest absolute Gasteiger partial charge is 0.336 e. The number of benzene rings is 1. The van der Waals surface area contributed by atoms with E-state index < -0.39 is 0 Å². The summed E-state index contributed by atoms with van der Waals surface area (Å²) in [5.74, 6) is 0.489. The third kappa shape index (κ3) is 2.55. The zero-order valence-electron chi connectivity index (χ0n) is 9.95. The van der Waals surface area contributed by atoms with Gasteiger partial charge in [-0.15, -0.1) is 0 Å². The number of rotatable bonds is 3. The first-order chi connectivity index (χ1) is 8.49. The van der Waals surface area contributed by atoms with Crippen LogP contribution in [-0.2, 0) is 4.79 Å². The van der Waals surface area contributed by atoms with Crippen molar-refractivity contribution in [3.05, 3.63) is 37.8 Å². The second-order valence-corrected chi connectivity index (χ2v) is 5.07. The van der Waals surface area contributed by atoms with Crippen molar-refractivity contribution < 1.29 is 13.9 Å². The van der Waals surface area contributed by atoms with Crippen LogP contribution in [0.2, 0.25) is 0 Å². The van der Waals surface area contributed by atoms with Crippen molar-refractivity contribution in [2.75, 3.05) is 6.61 Å². The molecule has 1 aromatic carbocycles. The molecule has 0 saturated heterocycles. The van der Waals surface area contributed by atoms with Crippen LogP contribution >= 0.6 is 22.6 Å². The number of fused-ring (bicyclic) bond motifs is 1. The molecule has 0 N–H and O–H groups in total. The maximum Gasteiger partial charge on any atom is 0.336 e. The van der Waals surface area contributed by atoms with Crippen LogP contribution in [0.25, 0.3) is 11.0 Å². The minimum absolute atomic E-state index is 0.0115. The van der Waals surface area contributed by atoms with Gasteiger partial charge in [-0.3, -0.25) is 4.79 Å². The van der Waals surface area contributed by atoms with Crippen molar-refractivity contribution in [2.45, 2.75) is 13.8 Å². The Balaban J connectivity index is 2.56. The molecule has 5 heteroatoms. The molecule has 1 aromatic heterocycles. The molecule has 0 aliphatic rings. The van der Waals surface area contributed by atoms with E-state index in [0.717, 1.165) is 10.9 Å². The second kappa shape index (κ2) is 5.09. The highest BCUT2D eigenvalue weighted by Gasteiger charge is 2.11. The van der Waals surface area contributed by atoms with Crippen LogP contribution in [0.4, 0.5) is 0 Å². The molecule has 0 aliphatic carbocycles. The molecule has 0 saturated carbocycles. The summed E-state index contributed by atoms with van der Waals surface area (Å²) in [5.41, 5.74) is 0.973. The number of Topliss-reactive ketones (excluding diaryl/α,β-unsaturated/α-hetero) is 1. The van der Waals surface area contributed by atoms with Crippen LogP contribution in [0.15, 0.2) is 27.4 Å². The average Bonchev–Trinajstić information content (AvgIpc) is 2.29.